The zero-order valence-electron chi connectivity index (χ0n) is 26.1. The van der Waals surface area contributed by atoms with Crippen LogP contribution in [0.3, 0.4) is 0 Å². The smallest absolute Gasteiger partial charge is 0.332 e. The lowest BCUT2D eigenvalue weighted by molar-refractivity contribution is -0.150. The van der Waals surface area contributed by atoms with Gasteiger partial charge in [-0.1, -0.05) is 61.5 Å². The molecule has 1 N–H and O–H groups in total. The molecular formula is C37H37FN2O6. The molecule has 0 saturated heterocycles. The van der Waals surface area contributed by atoms with E-state index in [9.17, 15) is 18.8 Å². The number of hydrogen-bond donors (Lipinski definition) is 1. The highest BCUT2D eigenvalue weighted by molar-refractivity contribution is 6.01. The van der Waals surface area contributed by atoms with Crippen LogP contribution in [-0.2, 0) is 23.9 Å². The maximum atomic E-state index is 14.9. The van der Waals surface area contributed by atoms with Crippen LogP contribution in [0.1, 0.15) is 76.0 Å². The van der Waals surface area contributed by atoms with E-state index in [0.29, 0.717) is 28.7 Å². The van der Waals surface area contributed by atoms with Crippen molar-refractivity contribution in [3.63, 3.8) is 0 Å². The van der Waals surface area contributed by atoms with Crippen LogP contribution >= 0.6 is 0 Å². The van der Waals surface area contributed by atoms with Gasteiger partial charge < -0.3 is 14.2 Å². The molecule has 0 aromatic heterocycles. The molecule has 1 aliphatic carbocycles. The van der Waals surface area contributed by atoms with E-state index < -0.39 is 41.9 Å². The highest BCUT2D eigenvalue weighted by Gasteiger charge is 2.43. The number of hydrogen-bond acceptors (Lipinski definition) is 7. The molecule has 0 radical (unpaired) electrons. The molecule has 46 heavy (non-hydrogen) atoms. The van der Waals surface area contributed by atoms with Crippen LogP contribution in [0.2, 0.25) is 0 Å². The normalized spacial score (nSPS) is 21.0. The van der Waals surface area contributed by atoms with E-state index >= 15 is 0 Å². The van der Waals surface area contributed by atoms with E-state index in [4.69, 9.17) is 14.2 Å². The Morgan fingerprint density at radius 2 is 1.76 bits per heavy atom. The van der Waals surface area contributed by atoms with Crippen molar-refractivity contribution in [3.8, 4) is 16.9 Å². The number of carbonyl (C=O) groups is 3. The van der Waals surface area contributed by atoms with Gasteiger partial charge in [-0.2, -0.15) is 4.99 Å². The third kappa shape index (κ3) is 7.03. The molecule has 1 saturated carbocycles. The number of esters is 2. The SMILES string of the molecule is CC(OC1=NC2OC(=O)C=C(CCCC3(C)CC3)C2C(=O)N1)c1ccc(OC(=O)C(C)c2ccc(-c3ccccc3)c(F)c2)cc1. The molecule has 2 aliphatic heterocycles. The van der Waals surface area contributed by atoms with Crippen molar-refractivity contribution >= 4 is 23.9 Å². The van der Waals surface area contributed by atoms with E-state index in [1.54, 1.807) is 50.2 Å². The summed E-state index contributed by atoms with van der Waals surface area (Å²) < 4.78 is 31.8. The van der Waals surface area contributed by atoms with Gasteiger partial charge in [0, 0.05) is 11.6 Å². The first-order valence-electron chi connectivity index (χ1n) is 15.7. The van der Waals surface area contributed by atoms with Gasteiger partial charge >= 0.3 is 11.9 Å². The minimum atomic E-state index is -0.966. The Morgan fingerprint density at radius 3 is 2.46 bits per heavy atom. The summed E-state index contributed by atoms with van der Waals surface area (Å²) in [4.78, 5) is 42.7. The third-order valence-electron chi connectivity index (χ3n) is 9.12. The number of fused-ring (bicyclic) bond motifs is 1. The molecule has 3 aromatic carbocycles. The predicted octanol–water partition coefficient (Wildman–Crippen LogP) is 7.16. The fourth-order valence-electron chi connectivity index (χ4n) is 5.88. The fraction of sp³-hybridized carbons (Fsp3) is 0.351. The first-order chi connectivity index (χ1) is 22.1. The Kier molecular flexibility index (Phi) is 8.75. The lowest BCUT2D eigenvalue weighted by Gasteiger charge is -2.33. The van der Waals surface area contributed by atoms with Gasteiger partial charge in [0.1, 0.15) is 23.6 Å². The maximum Gasteiger partial charge on any atom is 0.332 e. The number of carbonyl (C=O) groups excluding carboxylic acids is 3. The molecule has 6 rings (SSSR count). The van der Waals surface area contributed by atoms with Crippen molar-refractivity contribution in [3.05, 3.63) is 101 Å². The van der Waals surface area contributed by atoms with Gasteiger partial charge in [0.25, 0.3) is 6.02 Å². The second kappa shape index (κ2) is 12.9. The number of amides is 1. The molecule has 1 fully saturated rings. The molecule has 4 atom stereocenters. The topological polar surface area (TPSA) is 103 Å². The number of halogens is 1. The molecule has 3 aliphatic rings. The summed E-state index contributed by atoms with van der Waals surface area (Å²) in [6, 6.07) is 20.7. The van der Waals surface area contributed by atoms with Gasteiger partial charge in [0.2, 0.25) is 12.1 Å². The Labute approximate surface area is 267 Å². The molecule has 4 unspecified atom stereocenters. The Hall–Kier alpha value is -4.79. The molecular weight excluding hydrogens is 587 g/mol. The monoisotopic (exact) mass is 624 g/mol. The van der Waals surface area contributed by atoms with Crippen LogP contribution in [0.15, 0.2) is 89.4 Å². The van der Waals surface area contributed by atoms with Crippen LogP contribution in [0.5, 0.6) is 5.75 Å². The summed E-state index contributed by atoms with van der Waals surface area (Å²) in [7, 11) is 0. The van der Waals surface area contributed by atoms with Crippen LogP contribution in [0.4, 0.5) is 4.39 Å². The molecule has 8 nitrogen and oxygen atoms in total. The van der Waals surface area contributed by atoms with Crippen LogP contribution in [0, 0.1) is 17.2 Å². The van der Waals surface area contributed by atoms with E-state index in [-0.39, 0.29) is 11.9 Å². The number of benzene rings is 3. The summed E-state index contributed by atoms with van der Waals surface area (Å²) in [5, 5.41) is 2.72. The Balaban J connectivity index is 1.05. The number of rotatable bonds is 10. The van der Waals surface area contributed by atoms with Crippen molar-refractivity contribution in [2.75, 3.05) is 0 Å². The minimum absolute atomic E-state index is 0.0202. The van der Waals surface area contributed by atoms with Gasteiger partial charge in [0.15, 0.2) is 0 Å². The van der Waals surface area contributed by atoms with Crippen LogP contribution in [-0.4, -0.2) is 30.1 Å². The van der Waals surface area contributed by atoms with Gasteiger partial charge in [-0.3, -0.25) is 14.9 Å². The van der Waals surface area contributed by atoms with Crippen LogP contribution < -0.4 is 10.1 Å². The highest BCUT2D eigenvalue weighted by Crippen LogP contribution is 2.49. The van der Waals surface area contributed by atoms with E-state index in [2.05, 4.69) is 17.2 Å². The summed E-state index contributed by atoms with van der Waals surface area (Å²) in [5.74, 6) is -2.78. The minimum Gasteiger partial charge on any atom is -0.457 e. The zero-order chi connectivity index (χ0) is 32.4. The largest absolute Gasteiger partial charge is 0.457 e. The lowest BCUT2D eigenvalue weighted by Crippen LogP contribution is -2.50. The molecule has 0 spiro atoms. The predicted molar refractivity (Wildman–Crippen MR) is 170 cm³/mol. The average molecular weight is 625 g/mol. The average Bonchev–Trinajstić information content (AvgIpc) is 3.77. The summed E-state index contributed by atoms with van der Waals surface area (Å²) in [6.07, 6.45) is 5.00. The summed E-state index contributed by atoms with van der Waals surface area (Å²) >= 11 is 0. The van der Waals surface area contributed by atoms with Crippen molar-refractivity contribution in [1.29, 1.82) is 0 Å². The highest BCUT2D eigenvalue weighted by atomic mass is 19.1. The summed E-state index contributed by atoms with van der Waals surface area (Å²) in [5.41, 5.74) is 3.61. The number of nitrogens with one attached hydrogen (secondary N) is 1. The van der Waals surface area contributed by atoms with Gasteiger partial charge in [-0.15, -0.1) is 0 Å². The van der Waals surface area contributed by atoms with E-state index in [1.807, 2.05) is 30.3 Å². The maximum absolute atomic E-state index is 14.9. The van der Waals surface area contributed by atoms with Gasteiger partial charge in [-0.25, -0.2) is 9.18 Å². The van der Waals surface area contributed by atoms with E-state index in [1.165, 1.54) is 25.0 Å². The zero-order valence-corrected chi connectivity index (χ0v) is 26.1. The first-order valence-corrected chi connectivity index (χ1v) is 15.7. The molecule has 1 amide bonds. The van der Waals surface area contributed by atoms with Crippen molar-refractivity contribution < 1.29 is 33.0 Å². The van der Waals surface area contributed by atoms with Crippen molar-refractivity contribution in [2.24, 2.45) is 16.3 Å². The van der Waals surface area contributed by atoms with Gasteiger partial charge in [0.05, 0.1) is 5.92 Å². The number of nitrogens with zero attached hydrogens (tertiary/aromatic N) is 1. The Morgan fingerprint density at radius 1 is 1.04 bits per heavy atom. The quantitative estimate of drug-likeness (QED) is 0.190. The Bertz CT molecular complexity index is 1700. The van der Waals surface area contributed by atoms with E-state index in [0.717, 1.165) is 29.5 Å². The van der Waals surface area contributed by atoms with Crippen LogP contribution in [0.25, 0.3) is 11.1 Å². The number of aliphatic imine (C=N–C) groups is 1. The lowest BCUT2D eigenvalue weighted by atomic mass is 9.88. The second-order valence-electron chi connectivity index (χ2n) is 12.7. The van der Waals surface area contributed by atoms with Crippen molar-refractivity contribution in [2.45, 2.75) is 71.1 Å². The molecule has 0 bridgehead atoms. The molecule has 2 heterocycles. The first kappa shape index (κ1) is 31.2. The fourth-order valence-corrected chi connectivity index (χ4v) is 5.88. The standard InChI is InChI=1S/C37H37FN2O6/c1-22(26-13-16-29(30(38)20-26)25-8-5-4-6-9-25)35(43)45-28-14-11-24(12-15-28)23(2)44-36-39-33(42)32-27(10-7-17-37(3)18-19-37)21-31(41)46-34(32)40-36/h4-6,8-9,11-16,20-23,32,34H,7,10,17-19H2,1-3H3,(H,39,40,42). The molecule has 9 heteroatoms. The third-order valence-corrected chi connectivity index (χ3v) is 9.12. The number of ether oxygens (including phenoxy) is 3. The summed E-state index contributed by atoms with van der Waals surface area (Å²) in [6.45, 7) is 5.72. The number of amidine groups is 1. The van der Waals surface area contributed by atoms with Crippen molar-refractivity contribution in [1.82, 2.24) is 5.32 Å². The van der Waals surface area contributed by atoms with Gasteiger partial charge in [-0.05, 0) is 91.8 Å². The molecule has 3 aromatic rings. The second-order valence-corrected chi connectivity index (χ2v) is 12.7. The molecule has 238 valence electrons.